The Morgan fingerprint density at radius 2 is 2.28 bits per heavy atom. The number of aromatic nitrogens is 3. The number of nitrogens with one attached hydrogen (secondary N) is 1. The fraction of sp³-hybridized carbons (Fsp3) is 0.385. The Balaban J connectivity index is 2.11. The number of aromatic amines is 1. The number of nitrogens with zero attached hydrogens (tertiary/aromatic N) is 2. The fourth-order valence-corrected chi connectivity index (χ4v) is 2.36. The molecule has 0 saturated carbocycles. The summed E-state index contributed by atoms with van der Waals surface area (Å²) in [6, 6.07) is 6.21. The van der Waals surface area contributed by atoms with Gasteiger partial charge in [-0.05, 0) is 52.9 Å². The Bertz CT molecular complexity index is 499. The molecule has 1 heterocycles. The van der Waals surface area contributed by atoms with Gasteiger partial charge in [-0.25, -0.2) is 0 Å². The Labute approximate surface area is 115 Å². The van der Waals surface area contributed by atoms with Crippen molar-refractivity contribution in [2.24, 2.45) is 0 Å². The van der Waals surface area contributed by atoms with E-state index < -0.39 is 0 Å². The van der Waals surface area contributed by atoms with Crippen LogP contribution in [0.3, 0.4) is 0 Å². The average molecular weight is 310 g/mol. The highest BCUT2D eigenvalue weighted by molar-refractivity contribution is 9.10. The lowest BCUT2D eigenvalue weighted by atomic mass is 9.96. The van der Waals surface area contributed by atoms with Crippen molar-refractivity contribution in [2.45, 2.75) is 26.2 Å². The van der Waals surface area contributed by atoms with Crippen molar-refractivity contribution >= 4 is 15.9 Å². The molecule has 2 rings (SSSR count). The standard InChI is InChI=1S/C13H16BrN3O/c1-3-18-13-5-4-10(7-12(13)14)9(2)6-11-8-15-17-16-11/h4-5,7-9H,3,6H2,1-2H3,(H,15,16,17). The molecule has 0 aliphatic heterocycles. The number of hydrogen-bond donors (Lipinski definition) is 1. The van der Waals surface area contributed by atoms with Gasteiger partial charge in [-0.3, -0.25) is 0 Å². The van der Waals surface area contributed by atoms with Gasteiger partial charge in [0.05, 0.1) is 23.0 Å². The fourth-order valence-electron chi connectivity index (χ4n) is 1.85. The topological polar surface area (TPSA) is 50.8 Å². The van der Waals surface area contributed by atoms with Crippen LogP contribution in [0.4, 0.5) is 0 Å². The second-order valence-electron chi connectivity index (χ2n) is 4.19. The van der Waals surface area contributed by atoms with Gasteiger partial charge >= 0.3 is 0 Å². The summed E-state index contributed by atoms with van der Waals surface area (Å²) in [4.78, 5) is 0. The maximum absolute atomic E-state index is 5.50. The molecule has 0 aliphatic carbocycles. The largest absolute Gasteiger partial charge is 0.493 e. The van der Waals surface area contributed by atoms with Crippen molar-refractivity contribution in [3.8, 4) is 5.75 Å². The third-order valence-electron chi connectivity index (χ3n) is 2.81. The van der Waals surface area contributed by atoms with Crippen molar-refractivity contribution in [1.29, 1.82) is 0 Å². The molecule has 0 saturated heterocycles. The molecule has 1 unspecified atom stereocenters. The Hall–Kier alpha value is -1.36. The van der Waals surface area contributed by atoms with E-state index in [0.29, 0.717) is 12.5 Å². The third kappa shape index (κ3) is 3.10. The van der Waals surface area contributed by atoms with Crippen LogP contribution in [0.1, 0.15) is 31.0 Å². The number of benzene rings is 1. The van der Waals surface area contributed by atoms with E-state index in [0.717, 1.165) is 22.3 Å². The van der Waals surface area contributed by atoms with Gasteiger partial charge in [0, 0.05) is 0 Å². The number of rotatable bonds is 5. The second-order valence-corrected chi connectivity index (χ2v) is 5.04. The molecule has 1 aromatic carbocycles. The normalized spacial score (nSPS) is 12.4. The molecule has 1 aromatic heterocycles. The lowest BCUT2D eigenvalue weighted by Gasteiger charge is -2.12. The van der Waals surface area contributed by atoms with Gasteiger partial charge in [-0.2, -0.15) is 15.4 Å². The quantitative estimate of drug-likeness (QED) is 0.922. The summed E-state index contributed by atoms with van der Waals surface area (Å²) >= 11 is 3.54. The lowest BCUT2D eigenvalue weighted by molar-refractivity contribution is 0.338. The Kier molecular flexibility index (Phi) is 4.36. The molecular formula is C13H16BrN3O. The molecule has 0 spiro atoms. The Morgan fingerprint density at radius 3 is 2.89 bits per heavy atom. The highest BCUT2D eigenvalue weighted by atomic mass is 79.9. The number of H-pyrrole nitrogens is 1. The smallest absolute Gasteiger partial charge is 0.133 e. The summed E-state index contributed by atoms with van der Waals surface area (Å²) in [6.45, 7) is 4.83. The SMILES string of the molecule is CCOc1ccc(C(C)Cc2cn[nH]n2)cc1Br. The maximum atomic E-state index is 5.50. The molecule has 5 heteroatoms. The van der Waals surface area contributed by atoms with Gasteiger partial charge < -0.3 is 4.74 Å². The molecule has 0 radical (unpaired) electrons. The van der Waals surface area contributed by atoms with Crippen LogP contribution in [-0.4, -0.2) is 22.0 Å². The minimum absolute atomic E-state index is 0.391. The predicted molar refractivity (Wildman–Crippen MR) is 73.8 cm³/mol. The van der Waals surface area contributed by atoms with Crippen LogP contribution in [0.2, 0.25) is 0 Å². The molecule has 0 aliphatic rings. The van der Waals surface area contributed by atoms with Gasteiger partial charge in [-0.15, -0.1) is 0 Å². The minimum atomic E-state index is 0.391. The summed E-state index contributed by atoms with van der Waals surface area (Å²) in [7, 11) is 0. The van der Waals surface area contributed by atoms with E-state index >= 15 is 0 Å². The van der Waals surface area contributed by atoms with Crippen LogP contribution in [0, 0.1) is 0 Å². The highest BCUT2D eigenvalue weighted by Gasteiger charge is 2.10. The van der Waals surface area contributed by atoms with E-state index in [2.05, 4.69) is 50.4 Å². The first-order valence-corrected chi connectivity index (χ1v) is 6.77. The number of halogens is 1. The minimum Gasteiger partial charge on any atom is -0.493 e. The molecular weight excluding hydrogens is 294 g/mol. The van der Waals surface area contributed by atoms with Gasteiger partial charge in [0.1, 0.15) is 5.75 Å². The summed E-state index contributed by atoms with van der Waals surface area (Å²) < 4.78 is 6.50. The molecule has 0 amide bonds. The summed E-state index contributed by atoms with van der Waals surface area (Å²) in [5.41, 5.74) is 2.24. The molecule has 1 atom stereocenters. The second kappa shape index (κ2) is 6.00. The molecule has 0 fully saturated rings. The van der Waals surface area contributed by atoms with E-state index in [9.17, 15) is 0 Å². The van der Waals surface area contributed by atoms with Gasteiger partial charge in [0.2, 0.25) is 0 Å². The van der Waals surface area contributed by atoms with Crippen molar-refractivity contribution in [2.75, 3.05) is 6.61 Å². The molecule has 2 aromatic rings. The van der Waals surface area contributed by atoms with Crippen LogP contribution in [0.15, 0.2) is 28.9 Å². The summed E-state index contributed by atoms with van der Waals surface area (Å²) in [6.07, 6.45) is 2.64. The maximum Gasteiger partial charge on any atom is 0.133 e. The lowest BCUT2D eigenvalue weighted by Crippen LogP contribution is -2.00. The molecule has 18 heavy (non-hydrogen) atoms. The number of ether oxygens (including phenoxy) is 1. The van der Waals surface area contributed by atoms with Crippen LogP contribution >= 0.6 is 15.9 Å². The first kappa shape index (κ1) is 13.1. The van der Waals surface area contributed by atoms with Crippen LogP contribution in [-0.2, 0) is 6.42 Å². The van der Waals surface area contributed by atoms with Crippen LogP contribution in [0.25, 0.3) is 0 Å². The zero-order valence-corrected chi connectivity index (χ0v) is 12.1. The van der Waals surface area contributed by atoms with Gasteiger partial charge in [-0.1, -0.05) is 13.0 Å². The van der Waals surface area contributed by atoms with Crippen LogP contribution in [0.5, 0.6) is 5.75 Å². The van der Waals surface area contributed by atoms with E-state index in [1.807, 2.05) is 13.0 Å². The first-order chi connectivity index (χ1) is 8.70. The average Bonchev–Trinajstić information content (AvgIpc) is 2.84. The van der Waals surface area contributed by atoms with Crippen LogP contribution < -0.4 is 4.74 Å². The zero-order valence-electron chi connectivity index (χ0n) is 10.5. The van der Waals surface area contributed by atoms with Gasteiger partial charge in [0.15, 0.2) is 0 Å². The van der Waals surface area contributed by atoms with Gasteiger partial charge in [0.25, 0.3) is 0 Å². The summed E-state index contributed by atoms with van der Waals surface area (Å²) in [5, 5.41) is 10.5. The summed E-state index contributed by atoms with van der Waals surface area (Å²) in [5.74, 6) is 1.27. The van der Waals surface area contributed by atoms with Crippen molar-refractivity contribution < 1.29 is 4.74 Å². The monoisotopic (exact) mass is 309 g/mol. The Morgan fingerprint density at radius 1 is 1.44 bits per heavy atom. The van der Waals surface area contributed by atoms with E-state index in [4.69, 9.17) is 4.74 Å². The molecule has 96 valence electrons. The van der Waals surface area contributed by atoms with Crippen molar-refractivity contribution in [3.05, 3.63) is 40.1 Å². The first-order valence-electron chi connectivity index (χ1n) is 5.97. The molecule has 0 bridgehead atoms. The van der Waals surface area contributed by atoms with Crippen molar-refractivity contribution in [1.82, 2.24) is 15.4 Å². The number of hydrogen-bond acceptors (Lipinski definition) is 3. The predicted octanol–water partition coefficient (Wildman–Crippen LogP) is 3.31. The zero-order chi connectivity index (χ0) is 13.0. The molecule has 4 nitrogen and oxygen atoms in total. The highest BCUT2D eigenvalue weighted by Crippen LogP contribution is 2.30. The van der Waals surface area contributed by atoms with E-state index in [1.165, 1.54) is 5.56 Å². The van der Waals surface area contributed by atoms with E-state index in [-0.39, 0.29) is 0 Å². The van der Waals surface area contributed by atoms with E-state index in [1.54, 1.807) is 6.20 Å². The molecule has 1 N–H and O–H groups in total. The van der Waals surface area contributed by atoms with Crippen molar-refractivity contribution in [3.63, 3.8) is 0 Å². The third-order valence-corrected chi connectivity index (χ3v) is 3.42.